The average Bonchev–Trinajstić information content (AvgIpc) is 3.52. The predicted octanol–water partition coefficient (Wildman–Crippen LogP) is 7.48. The van der Waals surface area contributed by atoms with Gasteiger partial charge < -0.3 is 14.9 Å². The van der Waals surface area contributed by atoms with Gasteiger partial charge in [0.25, 0.3) is 5.78 Å². The van der Waals surface area contributed by atoms with Gasteiger partial charge in [0.1, 0.15) is 5.76 Å². The molecule has 0 bridgehead atoms. The second kappa shape index (κ2) is 12.3. The zero-order valence-corrected chi connectivity index (χ0v) is 25.9. The van der Waals surface area contributed by atoms with Crippen LogP contribution in [0.2, 0.25) is 10.0 Å². The van der Waals surface area contributed by atoms with Gasteiger partial charge in [-0.3, -0.25) is 14.5 Å². The van der Waals surface area contributed by atoms with Crippen molar-refractivity contribution in [2.75, 3.05) is 11.5 Å². The highest BCUT2D eigenvalue weighted by atomic mass is 35.5. The summed E-state index contributed by atoms with van der Waals surface area (Å²) in [5.41, 5.74) is 3.25. The lowest BCUT2D eigenvalue weighted by Gasteiger charge is -2.23. The molecule has 1 aliphatic heterocycles. The van der Waals surface area contributed by atoms with E-state index in [2.05, 4.69) is 10.2 Å². The van der Waals surface area contributed by atoms with E-state index in [1.807, 2.05) is 32.0 Å². The molecule has 216 valence electrons. The van der Waals surface area contributed by atoms with Gasteiger partial charge in [-0.2, -0.15) is 0 Å². The quantitative estimate of drug-likeness (QED) is 0.0669. The van der Waals surface area contributed by atoms with E-state index < -0.39 is 17.7 Å². The molecule has 2 heterocycles. The summed E-state index contributed by atoms with van der Waals surface area (Å²) in [6.45, 7) is 5.75. The number of aromatic hydroxyl groups is 1. The van der Waals surface area contributed by atoms with E-state index in [0.717, 1.165) is 28.0 Å². The fourth-order valence-corrected chi connectivity index (χ4v) is 7.02. The lowest BCUT2D eigenvalue weighted by molar-refractivity contribution is -0.132. The summed E-state index contributed by atoms with van der Waals surface area (Å²) >= 11 is 14.8. The van der Waals surface area contributed by atoms with E-state index in [-0.39, 0.29) is 34.6 Å². The number of hydrogen-bond donors (Lipinski definition) is 2. The highest BCUT2D eigenvalue weighted by molar-refractivity contribution is 8.00. The Hall–Kier alpha value is -3.57. The minimum absolute atomic E-state index is 0.0949. The number of anilines is 1. The van der Waals surface area contributed by atoms with Crippen LogP contribution in [0, 0.1) is 13.8 Å². The molecule has 1 fully saturated rings. The number of ketones is 1. The number of phenols is 1. The van der Waals surface area contributed by atoms with Crippen LogP contribution in [-0.4, -0.2) is 38.7 Å². The Balaban J connectivity index is 1.59. The molecule has 1 aliphatic rings. The molecule has 1 aromatic heterocycles. The van der Waals surface area contributed by atoms with E-state index in [1.165, 1.54) is 22.7 Å². The number of aryl methyl sites for hydroxylation is 2. The van der Waals surface area contributed by atoms with Crippen LogP contribution >= 0.6 is 46.3 Å². The van der Waals surface area contributed by atoms with Gasteiger partial charge in [-0.15, -0.1) is 10.2 Å². The number of aliphatic hydroxyl groups excluding tert-OH is 1. The summed E-state index contributed by atoms with van der Waals surface area (Å²) in [5, 5.41) is 31.6. The average molecular weight is 643 g/mol. The lowest BCUT2D eigenvalue weighted by atomic mass is 9.93. The Labute approximate surface area is 260 Å². The topological polar surface area (TPSA) is 113 Å². The van der Waals surface area contributed by atoms with Crippen molar-refractivity contribution in [3.63, 3.8) is 0 Å². The molecule has 1 unspecified atom stereocenters. The first-order valence-corrected chi connectivity index (χ1v) is 15.4. The molecule has 2 N–H and O–H groups in total. The maximum Gasteiger partial charge on any atom is 0.301 e. The van der Waals surface area contributed by atoms with E-state index >= 15 is 0 Å². The number of aromatic nitrogens is 2. The number of aliphatic hydroxyl groups is 1. The molecule has 1 amide bonds. The summed E-state index contributed by atoms with van der Waals surface area (Å²) in [6, 6.07) is 14.2. The molecular weight excluding hydrogens is 617 g/mol. The molecule has 1 atom stereocenters. The molecule has 1 saturated heterocycles. The molecule has 12 heteroatoms. The first-order chi connectivity index (χ1) is 20.1. The highest BCUT2D eigenvalue weighted by Crippen LogP contribution is 2.46. The van der Waals surface area contributed by atoms with Crippen LogP contribution in [0.1, 0.15) is 40.8 Å². The van der Waals surface area contributed by atoms with Crippen molar-refractivity contribution in [2.45, 2.75) is 36.9 Å². The molecule has 8 nitrogen and oxygen atoms in total. The van der Waals surface area contributed by atoms with Crippen molar-refractivity contribution >= 4 is 68.9 Å². The minimum Gasteiger partial charge on any atom is -0.507 e. The van der Waals surface area contributed by atoms with Crippen molar-refractivity contribution in [2.24, 2.45) is 0 Å². The molecule has 42 heavy (non-hydrogen) atoms. The summed E-state index contributed by atoms with van der Waals surface area (Å²) in [5.74, 6) is -1.45. The largest absolute Gasteiger partial charge is 0.507 e. The van der Waals surface area contributed by atoms with Gasteiger partial charge in [-0.25, -0.2) is 0 Å². The number of benzene rings is 3. The van der Waals surface area contributed by atoms with Crippen LogP contribution in [0.15, 0.2) is 64.5 Å². The number of amides is 1. The number of Topliss-reactive ketones (excluding diaryl/α,β-unsaturated/α-hetero) is 1. The van der Waals surface area contributed by atoms with Crippen LogP contribution in [0.4, 0.5) is 5.13 Å². The van der Waals surface area contributed by atoms with Crippen LogP contribution in [0.25, 0.3) is 5.76 Å². The van der Waals surface area contributed by atoms with Crippen molar-refractivity contribution in [3.8, 4) is 11.5 Å². The zero-order valence-electron chi connectivity index (χ0n) is 22.7. The molecular formula is C30H25Cl2N3O5S2. The first-order valence-electron chi connectivity index (χ1n) is 12.8. The standard InChI is InChI=1S/C30H25Cl2N3O5S2/c1-4-40-23-12-17(8-10-22(23)36)25-24(26(37)20-11-15(2)5-6-16(20)3)27(38)28(39)35(25)29-33-34-30(42-29)41-14-18-7-9-19(31)13-21(18)32/h5-13,25,36-37H,4,14H2,1-3H3. The summed E-state index contributed by atoms with van der Waals surface area (Å²) in [6.07, 6.45) is 0. The second-order valence-electron chi connectivity index (χ2n) is 9.52. The number of rotatable bonds is 8. The van der Waals surface area contributed by atoms with Crippen molar-refractivity contribution < 1.29 is 24.5 Å². The van der Waals surface area contributed by atoms with Gasteiger partial charge >= 0.3 is 5.91 Å². The number of ether oxygens (including phenoxy) is 1. The molecule has 0 radical (unpaired) electrons. The minimum atomic E-state index is -1.05. The third-order valence-electron chi connectivity index (χ3n) is 6.66. The van der Waals surface area contributed by atoms with Gasteiger partial charge in [0.05, 0.1) is 18.2 Å². The summed E-state index contributed by atoms with van der Waals surface area (Å²) in [7, 11) is 0. The molecule has 4 aromatic rings. The molecule has 0 aliphatic carbocycles. The molecule has 0 saturated carbocycles. The van der Waals surface area contributed by atoms with Crippen LogP contribution in [-0.2, 0) is 15.3 Å². The second-order valence-corrected chi connectivity index (χ2v) is 12.5. The number of phenolic OH excluding ortho intramolecular Hbond substituents is 1. The third-order valence-corrected chi connectivity index (χ3v) is 9.35. The van der Waals surface area contributed by atoms with Crippen molar-refractivity contribution in [1.82, 2.24) is 10.2 Å². The van der Waals surface area contributed by atoms with Gasteiger partial charge in [0.15, 0.2) is 15.8 Å². The number of hydrogen-bond acceptors (Lipinski definition) is 9. The Bertz CT molecular complexity index is 1740. The molecule has 5 rings (SSSR count). The van der Waals surface area contributed by atoms with Crippen molar-refractivity contribution in [1.29, 1.82) is 0 Å². The number of thioether (sulfide) groups is 1. The van der Waals surface area contributed by atoms with E-state index in [0.29, 0.717) is 31.3 Å². The zero-order chi connectivity index (χ0) is 30.1. The van der Waals surface area contributed by atoms with Gasteiger partial charge in [-0.1, -0.05) is 76.1 Å². The highest BCUT2D eigenvalue weighted by Gasteiger charge is 2.48. The molecule has 3 aromatic carbocycles. The van der Waals surface area contributed by atoms with Gasteiger partial charge in [-0.05, 0) is 67.8 Å². The van der Waals surface area contributed by atoms with Crippen molar-refractivity contribution in [3.05, 3.63) is 98.0 Å². The number of nitrogens with zero attached hydrogens (tertiary/aromatic N) is 3. The Morgan fingerprint density at radius 3 is 2.60 bits per heavy atom. The fourth-order valence-electron chi connectivity index (χ4n) is 4.59. The predicted molar refractivity (Wildman–Crippen MR) is 166 cm³/mol. The van der Waals surface area contributed by atoms with E-state index in [1.54, 1.807) is 37.3 Å². The first kappa shape index (κ1) is 29.9. The van der Waals surface area contributed by atoms with Gasteiger partial charge in [0.2, 0.25) is 5.13 Å². The van der Waals surface area contributed by atoms with Crippen LogP contribution < -0.4 is 9.64 Å². The number of carbonyl (C=O) groups excluding carboxylic acids is 2. The van der Waals surface area contributed by atoms with E-state index in [9.17, 15) is 19.8 Å². The van der Waals surface area contributed by atoms with Crippen LogP contribution in [0.5, 0.6) is 11.5 Å². The van der Waals surface area contributed by atoms with Crippen LogP contribution in [0.3, 0.4) is 0 Å². The maximum absolute atomic E-state index is 13.6. The number of carbonyl (C=O) groups is 2. The third kappa shape index (κ3) is 5.85. The van der Waals surface area contributed by atoms with E-state index in [4.69, 9.17) is 27.9 Å². The SMILES string of the molecule is CCOc1cc(C2C(=C(O)c3cc(C)ccc3C)C(=O)C(=O)N2c2nnc(SCc3ccc(Cl)cc3Cl)s2)ccc1O. The normalized spacial score (nSPS) is 16.3. The maximum atomic E-state index is 13.6. The molecule has 0 spiro atoms. The smallest absolute Gasteiger partial charge is 0.301 e. The lowest BCUT2D eigenvalue weighted by Crippen LogP contribution is -2.29. The Kier molecular flexibility index (Phi) is 8.79. The summed E-state index contributed by atoms with van der Waals surface area (Å²) < 4.78 is 6.13. The van der Waals surface area contributed by atoms with Gasteiger partial charge in [0, 0.05) is 21.4 Å². The number of halogens is 2. The Morgan fingerprint density at radius 2 is 1.86 bits per heavy atom. The fraction of sp³-hybridized carbons (Fsp3) is 0.200. The monoisotopic (exact) mass is 641 g/mol. The Morgan fingerprint density at radius 1 is 1.07 bits per heavy atom. The summed E-state index contributed by atoms with van der Waals surface area (Å²) in [4.78, 5) is 28.4.